The Balaban J connectivity index is 2.53. The normalized spacial score (nSPS) is 10.2. The Labute approximate surface area is 111 Å². The summed E-state index contributed by atoms with van der Waals surface area (Å²) in [6.45, 7) is 7.00. The Morgan fingerprint density at radius 1 is 1.39 bits per heavy atom. The summed E-state index contributed by atoms with van der Waals surface area (Å²) in [4.78, 5) is 26.6. The average molecular weight is 269 g/mol. The minimum atomic E-state index is -0.250. The maximum atomic E-state index is 11.8. The van der Waals surface area contributed by atoms with Crippen molar-refractivity contribution in [2.24, 2.45) is 0 Å². The van der Waals surface area contributed by atoms with E-state index in [0.29, 0.717) is 23.7 Å². The van der Waals surface area contributed by atoms with Gasteiger partial charge < -0.3 is 16.0 Å². The fraction of sp³-hybridized carbons (Fsp3) is 0.500. The maximum absolute atomic E-state index is 11.8. The highest BCUT2D eigenvalue weighted by atomic mass is 32.1. The fourth-order valence-electron chi connectivity index (χ4n) is 1.54. The fourth-order valence-corrected chi connectivity index (χ4v) is 2.40. The standard InChI is InChI=1S/C12H19N3O2S/c1-4-15(5-2)11(16)7-14-12(17)10-6-9(13)8(3)18-10/h6H,4-5,7,13H2,1-3H3,(H,14,17). The van der Waals surface area contributed by atoms with Crippen molar-refractivity contribution in [2.45, 2.75) is 20.8 Å². The first kappa shape index (κ1) is 14.5. The molecule has 0 fully saturated rings. The zero-order valence-corrected chi connectivity index (χ0v) is 11.8. The molecule has 0 aliphatic heterocycles. The number of aryl methyl sites for hydroxylation is 1. The molecule has 1 rings (SSSR count). The molecule has 1 aromatic rings. The van der Waals surface area contributed by atoms with Gasteiger partial charge in [0.05, 0.1) is 11.4 Å². The van der Waals surface area contributed by atoms with Crippen LogP contribution in [-0.2, 0) is 4.79 Å². The zero-order chi connectivity index (χ0) is 13.7. The van der Waals surface area contributed by atoms with Gasteiger partial charge in [-0.3, -0.25) is 9.59 Å². The Kier molecular flexibility index (Phi) is 5.15. The summed E-state index contributed by atoms with van der Waals surface area (Å²) in [6.07, 6.45) is 0. The van der Waals surface area contributed by atoms with Crippen molar-refractivity contribution in [3.8, 4) is 0 Å². The van der Waals surface area contributed by atoms with Gasteiger partial charge in [0.15, 0.2) is 0 Å². The largest absolute Gasteiger partial charge is 0.398 e. The van der Waals surface area contributed by atoms with Gasteiger partial charge in [0.1, 0.15) is 0 Å². The van der Waals surface area contributed by atoms with Crippen LogP contribution in [0.15, 0.2) is 6.07 Å². The van der Waals surface area contributed by atoms with E-state index in [-0.39, 0.29) is 18.4 Å². The smallest absolute Gasteiger partial charge is 0.261 e. The maximum Gasteiger partial charge on any atom is 0.261 e. The molecule has 1 heterocycles. The number of hydrogen-bond acceptors (Lipinski definition) is 4. The first-order valence-electron chi connectivity index (χ1n) is 5.91. The first-order valence-corrected chi connectivity index (χ1v) is 6.73. The monoisotopic (exact) mass is 269 g/mol. The molecule has 0 bridgehead atoms. The van der Waals surface area contributed by atoms with Gasteiger partial charge in [-0.1, -0.05) is 0 Å². The van der Waals surface area contributed by atoms with Crippen LogP contribution < -0.4 is 11.1 Å². The van der Waals surface area contributed by atoms with E-state index in [0.717, 1.165) is 4.88 Å². The minimum Gasteiger partial charge on any atom is -0.398 e. The number of thiophene rings is 1. The highest BCUT2D eigenvalue weighted by Crippen LogP contribution is 2.22. The summed E-state index contributed by atoms with van der Waals surface area (Å²) < 4.78 is 0. The number of anilines is 1. The SMILES string of the molecule is CCN(CC)C(=O)CNC(=O)c1cc(N)c(C)s1. The first-order chi connectivity index (χ1) is 8.49. The second kappa shape index (κ2) is 6.39. The van der Waals surface area contributed by atoms with E-state index in [2.05, 4.69) is 5.32 Å². The number of amides is 2. The van der Waals surface area contributed by atoms with Crippen molar-refractivity contribution in [3.63, 3.8) is 0 Å². The van der Waals surface area contributed by atoms with E-state index in [9.17, 15) is 9.59 Å². The molecule has 3 N–H and O–H groups in total. The minimum absolute atomic E-state index is 0.0252. The molecule has 0 aliphatic carbocycles. The molecule has 18 heavy (non-hydrogen) atoms. The summed E-state index contributed by atoms with van der Waals surface area (Å²) in [7, 11) is 0. The van der Waals surface area contributed by atoms with Gasteiger partial charge in [-0.2, -0.15) is 0 Å². The Bertz CT molecular complexity index is 419. The van der Waals surface area contributed by atoms with Crippen molar-refractivity contribution in [2.75, 3.05) is 25.4 Å². The number of nitrogens with one attached hydrogen (secondary N) is 1. The van der Waals surface area contributed by atoms with Crippen LogP contribution in [0.1, 0.15) is 28.4 Å². The molecule has 6 heteroatoms. The summed E-state index contributed by atoms with van der Waals surface area (Å²) in [5.41, 5.74) is 6.29. The van der Waals surface area contributed by atoms with Crippen molar-refractivity contribution in [1.29, 1.82) is 0 Å². The molecular formula is C12H19N3O2S. The number of hydrogen-bond donors (Lipinski definition) is 2. The predicted octanol–water partition coefficient (Wildman–Crippen LogP) is 1.24. The number of carbonyl (C=O) groups excluding carboxylic acids is 2. The van der Waals surface area contributed by atoms with Crippen molar-refractivity contribution in [3.05, 3.63) is 15.8 Å². The number of nitrogen functional groups attached to an aromatic ring is 1. The number of likely N-dealkylation sites (N-methyl/N-ethyl adjacent to an activating group) is 1. The van der Waals surface area contributed by atoms with Crippen LogP contribution in [-0.4, -0.2) is 36.3 Å². The van der Waals surface area contributed by atoms with Gasteiger partial charge >= 0.3 is 0 Å². The van der Waals surface area contributed by atoms with Crippen LogP contribution in [0.5, 0.6) is 0 Å². The van der Waals surface area contributed by atoms with E-state index >= 15 is 0 Å². The third-order valence-corrected chi connectivity index (χ3v) is 3.76. The lowest BCUT2D eigenvalue weighted by atomic mass is 10.3. The van der Waals surface area contributed by atoms with E-state index in [1.807, 2.05) is 20.8 Å². The molecule has 0 aliphatic rings. The predicted molar refractivity (Wildman–Crippen MR) is 73.7 cm³/mol. The Morgan fingerprint density at radius 3 is 2.44 bits per heavy atom. The van der Waals surface area contributed by atoms with E-state index in [4.69, 9.17) is 5.73 Å². The zero-order valence-electron chi connectivity index (χ0n) is 10.9. The lowest BCUT2D eigenvalue weighted by molar-refractivity contribution is -0.129. The number of nitrogens with zero attached hydrogens (tertiary/aromatic N) is 1. The molecule has 0 saturated carbocycles. The topological polar surface area (TPSA) is 75.4 Å². The van der Waals surface area contributed by atoms with Crippen LogP contribution in [0.3, 0.4) is 0 Å². The summed E-state index contributed by atoms with van der Waals surface area (Å²) >= 11 is 1.33. The quantitative estimate of drug-likeness (QED) is 0.844. The van der Waals surface area contributed by atoms with Gasteiger partial charge in [-0.25, -0.2) is 0 Å². The lowest BCUT2D eigenvalue weighted by Gasteiger charge is -2.18. The van der Waals surface area contributed by atoms with E-state index in [1.165, 1.54) is 11.3 Å². The van der Waals surface area contributed by atoms with E-state index in [1.54, 1.807) is 11.0 Å². The molecule has 2 amide bonds. The number of rotatable bonds is 5. The van der Waals surface area contributed by atoms with Crippen LogP contribution in [0.2, 0.25) is 0 Å². The molecular weight excluding hydrogens is 250 g/mol. The molecule has 5 nitrogen and oxygen atoms in total. The highest BCUT2D eigenvalue weighted by molar-refractivity contribution is 7.14. The van der Waals surface area contributed by atoms with Crippen molar-refractivity contribution >= 4 is 28.8 Å². The van der Waals surface area contributed by atoms with E-state index < -0.39 is 0 Å². The van der Waals surface area contributed by atoms with Crippen LogP contribution in [0, 0.1) is 6.92 Å². The Hall–Kier alpha value is -1.56. The third kappa shape index (κ3) is 3.46. The molecule has 100 valence electrons. The highest BCUT2D eigenvalue weighted by Gasteiger charge is 2.14. The lowest BCUT2D eigenvalue weighted by Crippen LogP contribution is -2.39. The molecule has 1 aromatic heterocycles. The second-order valence-electron chi connectivity index (χ2n) is 3.87. The number of nitrogens with two attached hydrogens (primary N) is 1. The third-order valence-electron chi connectivity index (χ3n) is 2.70. The van der Waals surface area contributed by atoms with Crippen LogP contribution in [0.25, 0.3) is 0 Å². The van der Waals surface area contributed by atoms with Gasteiger partial charge in [-0.15, -0.1) is 11.3 Å². The molecule has 0 unspecified atom stereocenters. The summed E-state index contributed by atoms with van der Waals surface area (Å²) in [5.74, 6) is -0.324. The number of carbonyl (C=O) groups is 2. The van der Waals surface area contributed by atoms with Gasteiger partial charge in [0.2, 0.25) is 5.91 Å². The molecule has 0 spiro atoms. The second-order valence-corrected chi connectivity index (χ2v) is 5.13. The molecule has 0 saturated heterocycles. The summed E-state index contributed by atoms with van der Waals surface area (Å²) in [5, 5.41) is 2.61. The van der Waals surface area contributed by atoms with Crippen molar-refractivity contribution in [1.82, 2.24) is 10.2 Å². The summed E-state index contributed by atoms with van der Waals surface area (Å²) in [6, 6.07) is 1.64. The Morgan fingerprint density at radius 2 is 2.00 bits per heavy atom. The average Bonchev–Trinajstić information content (AvgIpc) is 2.68. The van der Waals surface area contributed by atoms with Crippen LogP contribution in [0.4, 0.5) is 5.69 Å². The van der Waals surface area contributed by atoms with Crippen LogP contribution >= 0.6 is 11.3 Å². The van der Waals surface area contributed by atoms with Gasteiger partial charge in [0, 0.05) is 23.7 Å². The molecule has 0 radical (unpaired) electrons. The van der Waals surface area contributed by atoms with Gasteiger partial charge in [0.25, 0.3) is 5.91 Å². The van der Waals surface area contributed by atoms with Gasteiger partial charge in [-0.05, 0) is 26.8 Å². The molecule has 0 atom stereocenters. The molecule has 0 aromatic carbocycles. The van der Waals surface area contributed by atoms with Crippen molar-refractivity contribution < 1.29 is 9.59 Å².